The van der Waals surface area contributed by atoms with Gasteiger partial charge >= 0.3 is 0 Å². The molecule has 0 saturated carbocycles. The topological polar surface area (TPSA) is 27.0 Å². The van der Waals surface area contributed by atoms with E-state index in [1.54, 1.807) is 0 Å². The van der Waals surface area contributed by atoms with Crippen molar-refractivity contribution in [3.8, 4) is 6.07 Å². The van der Waals surface area contributed by atoms with Crippen LogP contribution >= 0.6 is 11.6 Å². The molecule has 0 unspecified atom stereocenters. The van der Waals surface area contributed by atoms with Gasteiger partial charge in [0.15, 0.2) is 0 Å². The Kier molecular flexibility index (Phi) is 3.82. The molecule has 2 rings (SSSR count). The molecule has 3 heteroatoms. The van der Waals surface area contributed by atoms with Crippen molar-refractivity contribution in [2.75, 3.05) is 18.0 Å². The summed E-state index contributed by atoms with van der Waals surface area (Å²) in [6, 6.07) is 7.84. The van der Waals surface area contributed by atoms with Crippen LogP contribution in [0.15, 0.2) is 18.2 Å². The first-order chi connectivity index (χ1) is 8.64. The standard InChI is InChI=1S/C15H19ClN2/c1-3-15(4-2)7-8-18(11-15)13-6-5-12(10-17)14(16)9-13/h5-6,9H,3-4,7-8,11H2,1-2H3. The van der Waals surface area contributed by atoms with E-state index in [4.69, 9.17) is 16.9 Å². The van der Waals surface area contributed by atoms with Gasteiger partial charge in [-0.25, -0.2) is 0 Å². The molecule has 0 aromatic heterocycles. The van der Waals surface area contributed by atoms with E-state index in [0.717, 1.165) is 18.8 Å². The number of nitrogens with zero attached hydrogens (tertiary/aromatic N) is 2. The largest absolute Gasteiger partial charge is 0.371 e. The molecule has 1 aliphatic rings. The zero-order valence-corrected chi connectivity index (χ0v) is 11.8. The summed E-state index contributed by atoms with van der Waals surface area (Å²) in [7, 11) is 0. The molecule has 1 aromatic rings. The lowest BCUT2D eigenvalue weighted by Gasteiger charge is -2.27. The summed E-state index contributed by atoms with van der Waals surface area (Å²) in [6.45, 7) is 6.74. The Morgan fingerprint density at radius 2 is 2.11 bits per heavy atom. The summed E-state index contributed by atoms with van der Waals surface area (Å²) < 4.78 is 0. The summed E-state index contributed by atoms with van der Waals surface area (Å²) in [5.74, 6) is 0. The zero-order chi connectivity index (χ0) is 13.2. The second-order valence-corrected chi connectivity index (χ2v) is 5.56. The van der Waals surface area contributed by atoms with Crippen LogP contribution in [0, 0.1) is 16.7 Å². The molecular weight excluding hydrogens is 244 g/mol. The molecule has 1 aromatic carbocycles. The van der Waals surface area contributed by atoms with E-state index in [-0.39, 0.29) is 0 Å². The highest BCUT2D eigenvalue weighted by Gasteiger charge is 2.34. The summed E-state index contributed by atoms with van der Waals surface area (Å²) >= 11 is 6.10. The van der Waals surface area contributed by atoms with Crippen LogP contribution < -0.4 is 4.90 Å². The number of hydrogen-bond donors (Lipinski definition) is 0. The van der Waals surface area contributed by atoms with E-state index in [1.165, 1.54) is 19.3 Å². The molecule has 0 atom stereocenters. The molecule has 0 radical (unpaired) electrons. The van der Waals surface area contributed by atoms with Crippen molar-refractivity contribution in [2.45, 2.75) is 33.1 Å². The van der Waals surface area contributed by atoms with E-state index in [9.17, 15) is 0 Å². The van der Waals surface area contributed by atoms with Crippen LogP contribution in [0.4, 0.5) is 5.69 Å². The number of benzene rings is 1. The highest BCUT2D eigenvalue weighted by Crippen LogP contribution is 2.39. The molecule has 18 heavy (non-hydrogen) atoms. The van der Waals surface area contributed by atoms with Gasteiger partial charge in [-0.2, -0.15) is 5.26 Å². The van der Waals surface area contributed by atoms with Crippen LogP contribution in [0.5, 0.6) is 0 Å². The fourth-order valence-electron chi connectivity index (χ4n) is 2.77. The van der Waals surface area contributed by atoms with Crippen LogP contribution in [0.25, 0.3) is 0 Å². The minimum absolute atomic E-state index is 0.459. The number of rotatable bonds is 3. The molecule has 0 aliphatic carbocycles. The van der Waals surface area contributed by atoms with Gasteiger partial charge in [0.2, 0.25) is 0 Å². The maximum absolute atomic E-state index is 8.89. The first-order valence-corrected chi connectivity index (χ1v) is 6.96. The first kappa shape index (κ1) is 13.2. The highest BCUT2D eigenvalue weighted by molar-refractivity contribution is 6.32. The minimum atomic E-state index is 0.459. The third-order valence-electron chi connectivity index (χ3n) is 4.38. The van der Waals surface area contributed by atoms with Gasteiger partial charge < -0.3 is 4.90 Å². The number of anilines is 1. The first-order valence-electron chi connectivity index (χ1n) is 6.59. The van der Waals surface area contributed by atoms with Crippen molar-refractivity contribution in [3.63, 3.8) is 0 Å². The Bertz CT molecular complexity index is 472. The van der Waals surface area contributed by atoms with Crippen molar-refractivity contribution in [2.24, 2.45) is 5.41 Å². The van der Waals surface area contributed by atoms with Crippen molar-refractivity contribution < 1.29 is 0 Å². The smallest absolute Gasteiger partial charge is 0.101 e. The van der Waals surface area contributed by atoms with Crippen molar-refractivity contribution in [1.82, 2.24) is 0 Å². The van der Waals surface area contributed by atoms with Gasteiger partial charge in [0.05, 0.1) is 10.6 Å². The van der Waals surface area contributed by atoms with E-state index in [2.05, 4.69) is 24.8 Å². The number of hydrogen-bond acceptors (Lipinski definition) is 2. The van der Waals surface area contributed by atoms with Crippen molar-refractivity contribution in [3.05, 3.63) is 28.8 Å². The Labute approximate surface area is 114 Å². The maximum Gasteiger partial charge on any atom is 0.101 e. The average molecular weight is 263 g/mol. The second-order valence-electron chi connectivity index (χ2n) is 5.15. The lowest BCUT2D eigenvalue weighted by Crippen LogP contribution is -2.26. The van der Waals surface area contributed by atoms with E-state index in [1.807, 2.05) is 18.2 Å². The lowest BCUT2D eigenvalue weighted by molar-refractivity contribution is 0.301. The Morgan fingerprint density at radius 1 is 1.39 bits per heavy atom. The Balaban J connectivity index is 2.20. The van der Waals surface area contributed by atoms with Gasteiger partial charge in [-0.3, -0.25) is 0 Å². The normalized spacial score (nSPS) is 17.8. The molecule has 0 bridgehead atoms. The molecule has 1 fully saturated rings. The van der Waals surface area contributed by atoms with E-state index >= 15 is 0 Å². The van der Waals surface area contributed by atoms with Crippen LogP contribution in [0.2, 0.25) is 5.02 Å². The second kappa shape index (κ2) is 5.20. The van der Waals surface area contributed by atoms with E-state index < -0.39 is 0 Å². The minimum Gasteiger partial charge on any atom is -0.371 e. The quantitative estimate of drug-likeness (QED) is 0.815. The molecule has 1 aliphatic heterocycles. The van der Waals surface area contributed by atoms with Gasteiger partial charge in [0.25, 0.3) is 0 Å². The van der Waals surface area contributed by atoms with Gasteiger partial charge in [-0.1, -0.05) is 25.4 Å². The Morgan fingerprint density at radius 3 is 2.61 bits per heavy atom. The molecule has 1 heterocycles. The van der Waals surface area contributed by atoms with Crippen LogP contribution in [0.3, 0.4) is 0 Å². The van der Waals surface area contributed by atoms with E-state index in [0.29, 0.717) is 16.0 Å². The molecule has 1 saturated heterocycles. The average Bonchev–Trinajstić information content (AvgIpc) is 2.84. The highest BCUT2D eigenvalue weighted by atomic mass is 35.5. The third kappa shape index (κ3) is 2.33. The predicted octanol–water partition coefficient (Wildman–Crippen LogP) is 4.23. The fraction of sp³-hybridized carbons (Fsp3) is 0.533. The van der Waals surface area contributed by atoms with Gasteiger partial charge in [0, 0.05) is 18.8 Å². The van der Waals surface area contributed by atoms with Crippen molar-refractivity contribution in [1.29, 1.82) is 5.26 Å². The molecule has 0 spiro atoms. The summed E-state index contributed by atoms with van der Waals surface area (Å²) in [4.78, 5) is 2.39. The molecule has 2 nitrogen and oxygen atoms in total. The maximum atomic E-state index is 8.89. The van der Waals surface area contributed by atoms with Gasteiger partial charge in [0.1, 0.15) is 6.07 Å². The Hall–Kier alpha value is -1.20. The lowest BCUT2D eigenvalue weighted by atomic mass is 9.82. The van der Waals surface area contributed by atoms with Crippen LogP contribution in [-0.4, -0.2) is 13.1 Å². The summed E-state index contributed by atoms with van der Waals surface area (Å²) in [5.41, 5.74) is 2.15. The van der Waals surface area contributed by atoms with Gasteiger partial charge in [-0.05, 0) is 42.9 Å². The predicted molar refractivity (Wildman–Crippen MR) is 76.0 cm³/mol. The van der Waals surface area contributed by atoms with Gasteiger partial charge in [-0.15, -0.1) is 0 Å². The monoisotopic (exact) mass is 262 g/mol. The summed E-state index contributed by atoms with van der Waals surface area (Å²) in [6.07, 6.45) is 3.70. The SMILES string of the molecule is CCC1(CC)CCN(c2ccc(C#N)c(Cl)c2)C1. The molecular formula is C15H19ClN2. The molecule has 0 amide bonds. The van der Waals surface area contributed by atoms with Crippen LogP contribution in [-0.2, 0) is 0 Å². The molecule has 96 valence electrons. The third-order valence-corrected chi connectivity index (χ3v) is 4.69. The number of halogens is 1. The molecule has 0 N–H and O–H groups in total. The van der Waals surface area contributed by atoms with Crippen LogP contribution in [0.1, 0.15) is 38.7 Å². The fourth-order valence-corrected chi connectivity index (χ4v) is 2.99. The zero-order valence-electron chi connectivity index (χ0n) is 11.0. The van der Waals surface area contributed by atoms with Crippen molar-refractivity contribution >= 4 is 17.3 Å². The summed E-state index contributed by atoms with van der Waals surface area (Å²) in [5, 5.41) is 9.44. The number of nitriles is 1.